The first-order valence-electron chi connectivity index (χ1n) is 8.56. The summed E-state index contributed by atoms with van der Waals surface area (Å²) < 4.78 is 5.79. The molecule has 2 rings (SSSR count). The molecule has 2 aromatic rings. The molecule has 25 heavy (non-hydrogen) atoms. The summed E-state index contributed by atoms with van der Waals surface area (Å²) in [4.78, 5) is 8.76. The summed E-state index contributed by atoms with van der Waals surface area (Å²) in [5.41, 5.74) is 2.26. The van der Waals surface area contributed by atoms with Crippen LogP contribution in [0.4, 0.5) is 0 Å². The molecule has 1 heterocycles. The van der Waals surface area contributed by atoms with Crippen molar-refractivity contribution in [3.8, 4) is 11.3 Å². The maximum atomic E-state index is 10.1. The van der Waals surface area contributed by atoms with Crippen LogP contribution in [0.5, 0.6) is 0 Å². The van der Waals surface area contributed by atoms with E-state index in [4.69, 9.17) is 4.65 Å². The van der Waals surface area contributed by atoms with Crippen LogP contribution in [-0.4, -0.2) is 33.8 Å². The number of hydrogen-bond donors (Lipinski definition) is 1. The molecule has 0 bridgehead atoms. The molecule has 1 N–H and O–H groups in total. The molecule has 0 fully saturated rings. The predicted molar refractivity (Wildman–Crippen MR) is 103 cm³/mol. The normalized spacial score (nSPS) is 13.0. The molecule has 0 atom stereocenters. The maximum Gasteiger partial charge on any atom is 0.330 e. The third kappa shape index (κ3) is 4.89. The van der Waals surface area contributed by atoms with Gasteiger partial charge in [0, 0.05) is 16.7 Å². The SMILES string of the molecule is CC(C)(C)c1cc(-c2ccc([B]OC(C)(C)C(C)(C)O)cc2)ncn1. The van der Waals surface area contributed by atoms with Crippen LogP contribution in [0.1, 0.15) is 54.2 Å². The number of aromatic nitrogens is 2. The Labute approximate surface area is 152 Å². The van der Waals surface area contributed by atoms with Crippen molar-refractivity contribution >= 4 is 12.9 Å². The van der Waals surface area contributed by atoms with E-state index in [-0.39, 0.29) is 5.41 Å². The molecule has 1 radical (unpaired) electrons. The smallest absolute Gasteiger partial charge is 0.330 e. The quantitative estimate of drug-likeness (QED) is 0.850. The van der Waals surface area contributed by atoms with Gasteiger partial charge in [0.25, 0.3) is 0 Å². The lowest BCUT2D eigenvalue weighted by Crippen LogP contribution is -2.49. The first kappa shape index (κ1) is 19.6. The van der Waals surface area contributed by atoms with Crippen LogP contribution >= 0.6 is 0 Å². The zero-order valence-corrected chi connectivity index (χ0v) is 16.3. The van der Waals surface area contributed by atoms with E-state index in [0.717, 1.165) is 22.4 Å². The van der Waals surface area contributed by atoms with Crippen molar-refractivity contribution in [2.45, 2.75) is 65.1 Å². The second-order valence-electron chi connectivity index (χ2n) is 8.47. The fraction of sp³-hybridized carbons (Fsp3) is 0.500. The Hall–Kier alpha value is -1.72. The first-order chi connectivity index (χ1) is 11.4. The minimum atomic E-state index is -0.937. The summed E-state index contributed by atoms with van der Waals surface area (Å²) in [5.74, 6) is 0. The van der Waals surface area contributed by atoms with Crippen LogP contribution in [0.25, 0.3) is 11.3 Å². The Morgan fingerprint density at radius 1 is 0.920 bits per heavy atom. The van der Waals surface area contributed by atoms with Gasteiger partial charge in [-0.25, -0.2) is 9.97 Å². The minimum Gasteiger partial charge on any atom is -0.427 e. The number of benzene rings is 1. The topological polar surface area (TPSA) is 55.2 Å². The summed E-state index contributed by atoms with van der Waals surface area (Å²) in [7, 11) is 1.68. The maximum absolute atomic E-state index is 10.1. The lowest BCUT2D eigenvalue weighted by molar-refractivity contribution is -0.0893. The van der Waals surface area contributed by atoms with E-state index in [9.17, 15) is 5.11 Å². The number of aliphatic hydroxyl groups is 1. The van der Waals surface area contributed by atoms with Gasteiger partial charge < -0.3 is 9.76 Å². The number of rotatable bonds is 5. The monoisotopic (exact) mass is 339 g/mol. The Morgan fingerprint density at radius 3 is 2.04 bits per heavy atom. The van der Waals surface area contributed by atoms with Crippen molar-refractivity contribution in [3.05, 3.63) is 42.4 Å². The molecule has 1 aromatic heterocycles. The molecule has 0 aliphatic rings. The second-order valence-corrected chi connectivity index (χ2v) is 8.47. The molecule has 1 aromatic carbocycles. The van der Waals surface area contributed by atoms with E-state index in [1.54, 1.807) is 27.7 Å². The zero-order chi connectivity index (χ0) is 18.9. The Kier molecular flexibility index (Phi) is 5.40. The average molecular weight is 339 g/mol. The summed E-state index contributed by atoms with van der Waals surface area (Å²) in [6.45, 7) is 13.6. The second kappa shape index (κ2) is 6.89. The predicted octanol–water partition coefficient (Wildman–Crippen LogP) is 3.25. The summed E-state index contributed by atoms with van der Waals surface area (Å²) >= 11 is 0. The van der Waals surface area contributed by atoms with Gasteiger partial charge >= 0.3 is 7.48 Å². The fourth-order valence-corrected chi connectivity index (χ4v) is 2.02. The van der Waals surface area contributed by atoms with Gasteiger partial charge in [-0.2, -0.15) is 0 Å². The van der Waals surface area contributed by atoms with Gasteiger partial charge in [0.15, 0.2) is 0 Å². The summed E-state index contributed by atoms with van der Waals surface area (Å²) in [5, 5.41) is 10.1. The molecule has 0 spiro atoms. The van der Waals surface area contributed by atoms with Crippen molar-refractivity contribution in [2.24, 2.45) is 0 Å². The highest BCUT2D eigenvalue weighted by Crippen LogP contribution is 2.25. The van der Waals surface area contributed by atoms with Crippen molar-refractivity contribution in [1.82, 2.24) is 9.97 Å². The van der Waals surface area contributed by atoms with E-state index >= 15 is 0 Å². The highest BCUT2D eigenvalue weighted by Gasteiger charge is 2.35. The molecule has 0 saturated carbocycles. The van der Waals surface area contributed by atoms with E-state index in [1.807, 2.05) is 44.2 Å². The van der Waals surface area contributed by atoms with E-state index in [1.165, 1.54) is 0 Å². The lowest BCUT2D eigenvalue weighted by atomic mass is 9.82. The van der Waals surface area contributed by atoms with Gasteiger partial charge in [0.1, 0.15) is 6.33 Å². The van der Waals surface area contributed by atoms with Crippen LogP contribution in [0.3, 0.4) is 0 Å². The molecule has 0 aliphatic carbocycles. The van der Waals surface area contributed by atoms with Crippen molar-refractivity contribution < 1.29 is 9.76 Å². The molecule has 0 amide bonds. The third-order valence-electron chi connectivity index (χ3n) is 4.60. The van der Waals surface area contributed by atoms with Gasteiger partial charge in [-0.05, 0) is 33.8 Å². The van der Waals surface area contributed by atoms with Gasteiger partial charge in [0.05, 0.1) is 16.9 Å². The molecule has 0 aliphatic heterocycles. The standard InChI is InChI=1S/C20H28BN2O2/c1-18(2,3)17-12-16(22-13-23-17)14-8-10-15(11-9-14)21-25-20(6,7)19(4,5)24/h8-13,24H,1-7H3. The molecular weight excluding hydrogens is 311 g/mol. The molecule has 133 valence electrons. The van der Waals surface area contributed by atoms with Crippen LogP contribution in [0, 0.1) is 0 Å². The summed E-state index contributed by atoms with van der Waals surface area (Å²) in [6.07, 6.45) is 1.62. The van der Waals surface area contributed by atoms with E-state index in [0.29, 0.717) is 0 Å². The first-order valence-corrected chi connectivity index (χ1v) is 8.56. The fourth-order valence-electron chi connectivity index (χ4n) is 2.02. The van der Waals surface area contributed by atoms with Crippen molar-refractivity contribution in [3.63, 3.8) is 0 Å². The molecular formula is C20H28BN2O2. The molecule has 5 heteroatoms. The minimum absolute atomic E-state index is 0.0120. The molecule has 0 unspecified atom stereocenters. The highest BCUT2D eigenvalue weighted by molar-refractivity contribution is 6.47. The number of nitrogens with zero attached hydrogens (tertiary/aromatic N) is 2. The van der Waals surface area contributed by atoms with Gasteiger partial charge in [0.2, 0.25) is 0 Å². The van der Waals surface area contributed by atoms with Crippen molar-refractivity contribution in [2.75, 3.05) is 0 Å². The lowest BCUT2D eigenvalue weighted by Gasteiger charge is -2.37. The van der Waals surface area contributed by atoms with E-state index in [2.05, 4.69) is 30.7 Å². The van der Waals surface area contributed by atoms with Crippen LogP contribution in [0.2, 0.25) is 0 Å². The third-order valence-corrected chi connectivity index (χ3v) is 4.60. The largest absolute Gasteiger partial charge is 0.427 e. The van der Waals surface area contributed by atoms with E-state index < -0.39 is 11.2 Å². The van der Waals surface area contributed by atoms with Crippen molar-refractivity contribution in [1.29, 1.82) is 0 Å². The Morgan fingerprint density at radius 2 is 1.52 bits per heavy atom. The van der Waals surface area contributed by atoms with Crippen LogP contribution < -0.4 is 5.46 Å². The number of hydrogen-bond acceptors (Lipinski definition) is 4. The van der Waals surface area contributed by atoms with Gasteiger partial charge in [-0.15, -0.1) is 0 Å². The average Bonchev–Trinajstić information content (AvgIpc) is 2.52. The van der Waals surface area contributed by atoms with Gasteiger partial charge in [-0.3, -0.25) is 0 Å². The zero-order valence-electron chi connectivity index (χ0n) is 16.3. The highest BCUT2D eigenvalue weighted by atomic mass is 16.5. The Balaban J connectivity index is 2.13. The van der Waals surface area contributed by atoms with Crippen LogP contribution in [0.15, 0.2) is 36.7 Å². The summed E-state index contributed by atoms with van der Waals surface area (Å²) in [6, 6.07) is 10.0. The Bertz CT molecular complexity index is 714. The molecule has 4 nitrogen and oxygen atoms in total. The van der Waals surface area contributed by atoms with Gasteiger partial charge in [-0.1, -0.05) is 50.5 Å². The molecule has 0 saturated heterocycles. The van der Waals surface area contributed by atoms with Crippen LogP contribution in [-0.2, 0) is 10.1 Å².